The van der Waals surface area contributed by atoms with Crippen molar-refractivity contribution in [3.8, 4) is 6.07 Å². The van der Waals surface area contributed by atoms with E-state index in [0.717, 1.165) is 6.07 Å². The number of benzene rings is 1. The van der Waals surface area contributed by atoms with Crippen LogP contribution in [0.5, 0.6) is 0 Å². The molecule has 1 nitrogen and oxygen atoms in total. The highest BCUT2D eigenvalue weighted by Crippen LogP contribution is 2.27. The Hall–Kier alpha value is -1.43. The maximum Gasteiger partial charge on any atom is 0.280 e. The van der Waals surface area contributed by atoms with E-state index in [1.807, 2.05) is 0 Å². The van der Waals surface area contributed by atoms with Crippen molar-refractivity contribution in [3.05, 3.63) is 42.1 Å². The van der Waals surface area contributed by atoms with Crippen LogP contribution in [-0.2, 0) is 0 Å². The standard InChI is InChI=1S/C9H6F2N/c10-8(6-12)9(11)7-4-2-1-3-5-7/h1-5,9H. The molecule has 1 rings (SSSR count). The van der Waals surface area contributed by atoms with Crippen LogP contribution in [0.2, 0.25) is 0 Å². The first-order valence-electron chi connectivity index (χ1n) is 3.37. The molecule has 1 radical (unpaired) electrons. The molecule has 0 aromatic heterocycles. The van der Waals surface area contributed by atoms with Gasteiger partial charge in [0.1, 0.15) is 6.07 Å². The summed E-state index contributed by atoms with van der Waals surface area (Å²) >= 11 is 0. The fourth-order valence-electron chi connectivity index (χ4n) is 0.825. The molecule has 0 aliphatic heterocycles. The smallest absolute Gasteiger partial charge is 0.237 e. The average molecular weight is 166 g/mol. The molecule has 0 fully saturated rings. The van der Waals surface area contributed by atoms with Crippen molar-refractivity contribution in [2.45, 2.75) is 6.17 Å². The highest BCUT2D eigenvalue weighted by atomic mass is 19.2. The summed E-state index contributed by atoms with van der Waals surface area (Å²) in [6, 6.07) is 8.88. The lowest BCUT2D eigenvalue weighted by atomic mass is 10.1. The largest absolute Gasteiger partial charge is 0.280 e. The van der Waals surface area contributed by atoms with Crippen molar-refractivity contribution in [1.82, 2.24) is 0 Å². The molecule has 0 heterocycles. The molecule has 0 amide bonds. The predicted molar refractivity (Wildman–Crippen MR) is 40.3 cm³/mol. The van der Waals surface area contributed by atoms with Gasteiger partial charge in [0.15, 0.2) is 6.17 Å². The Balaban J connectivity index is 2.80. The van der Waals surface area contributed by atoms with Gasteiger partial charge in [-0.2, -0.15) is 5.26 Å². The van der Waals surface area contributed by atoms with Crippen molar-refractivity contribution < 1.29 is 8.78 Å². The van der Waals surface area contributed by atoms with Gasteiger partial charge in [0.2, 0.25) is 0 Å². The quantitative estimate of drug-likeness (QED) is 0.662. The Labute approximate surface area is 69.2 Å². The lowest BCUT2D eigenvalue weighted by Gasteiger charge is -2.04. The van der Waals surface area contributed by atoms with Crippen LogP contribution in [0.4, 0.5) is 8.78 Å². The number of alkyl halides is 1. The third-order valence-corrected chi connectivity index (χ3v) is 1.42. The summed E-state index contributed by atoms with van der Waals surface area (Å²) in [6.07, 6.45) is -3.22. The van der Waals surface area contributed by atoms with Gasteiger partial charge in [-0.15, -0.1) is 0 Å². The van der Waals surface area contributed by atoms with Gasteiger partial charge in [0, 0.05) is 0 Å². The minimum atomic E-state index is -1.92. The second-order valence-electron chi connectivity index (χ2n) is 2.23. The lowest BCUT2D eigenvalue weighted by Crippen LogP contribution is -1.97. The van der Waals surface area contributed by atoms with Crippen LogP contribution in [0.15, 0.2) is 30.3 Å². The van der Waals surface area contributed by atoms with Crippen LogP contribution >= 0.6 is 0 Å². The fourth-order valence-corrected chi connectivity index (χ4v) is 0.825. The summed E-state index contributed by atoms with van der Waals surface area (Å²) in [7, 11) is 0. The van der Waals surface area contributed by atoms with E-state index in [1.54, 1.807) is 18.2 Å². The van der Waals surface area contributed by atoms with Crippen LogP contribution in [0.1, 0.15) is 11.7 Å². The number of hydrogen-bond donors (Lipinski definition) is 0. The SMILES string of the molecule is N#C[C](F)C(F)c1ccccc1. The van der Waals surface area contributed by atoms with Crippen LogP contribution < -0.4 is 0 Å². The van der Waals surface area contributed by atoms with Crippen LogP contribution in [0.25, 0.3) is 0 Å². The first-order valence-corrected chi connectivity index (χ1v) is 3.37. The lowest BCUT2D eigenvalue weighted by molar-refractivity contribution is 0.292. The summed E-state index contributed by atoms with van der Waals surface area (Å²) in [6.45, 7) is 0. The monoisotopic (exact) mass is 166 g/mol. The van der Waals surface area contributed by atoms with Crippen molar-refractivity contribution >= 4 is 0 Å². The van der Waals surface area contributed by atoms with E-state index in [-0.39, 0.29) is 5.56 Å². The van der Waals surface area contributed by atoms with E-state index >= 15 is 0 Å². The molecule has 0 N–H and O–H groups in total. The molecule has 0 aliphatic rings. The highest BCUT2D eigenvalue weighted by Gasteiger charge is 2.22. The molecular formula is C9H6F2N. The summed E-state index contributed by atoms with van der Waals surface area (Å²) in [5, 5.41) is 8.06. The molecule has 0 saturated heterocycles. The van der Waals surface area contributed by atoms with Gasteiger partial charge < -0.3 is 0 Å². The molecule has 1 aromatic carbocycles. The Bertz CT molecular complexity index is 278. The Morgan fingerprint density at radius 2 is 1.92 bits per heavy atom. The van der Waals surface area contributed by atoms with E-state index in [4.69, 9.17) is 5.26 Å². The maximum atomic E-state index is 12.9. The number of rotatable bonds is 2. The van der Waals surface area contributed by atoms with Crippen molar-refractivity contribution in [1.29, 1.82) is 5.26 Å². The molecule has 1 unspecified atom stereocenters. The number of nitriles is 1. The minimum absolute atomic E-state index is 0.163. The molecule has 12 heavy (non-hydrogen) atoms. The average Bonchev–Trinajstić information content (AvgIpc) is 2.17. The zero-order valence-corrected chi connectivity index (χ0v) is 6.17. The van der Waals surface area contributed by atoms with Crippen molar-refractivity contribution in [2.75, 3.05) is 0 Å². The van der Waals surface area contributed by atoms with Crippen LogP contribution in [0.3, 0.4) is 0 Å². The third kappa shape index (κ3) is 1.79. The van der Waals surface area contributed by atoms with Gasteiger partial charge in [-0.1, -0.05) is 30.3 Å². The maximum absolute atomic E-state index is 12.9. The Morgan fingerprint density at radius 3 is 2.42 bits per heavy atom. The normalized spacial score (nSPS) is 12.5. The van der Waals surface area contributed by atoms with Crippen LogP contribution in [0, 0.1) is 17.5 Å². The highest BCUT2D eigenvalue weighted by molar-refractivity contribution is 5.25. The van der Waals surface area contributed by atoms with E-state index in [0.29, 0.717) is 0 Å². The molecule has 0 aliphatic carbocycles. The molecule has 0 spiro atoms. The van der Waals surface area contributed by atoms with Crippen molar-refractivity contribution in [3.63, 3.8) is 0 Å². The summed E-state index contributed by atoms with van der Waals surface area (Å²) in [4.78, 5) is 0. The van der Waals surface area contributed by atoms with Gasteiger partial charge >= 0.3 is 0 Å². The topological polar surface area (TPSA) is 23.8 Å². The van der Waals surface area contributed by atoms with E-state index in [9.17, 15) is 8.78 Å². The molecule has 61 valence electrons. The first-order chi connectivity index (χ1) is 5.75. The van der Waals surface area contributed by atoms with Crippen LogP contribution in [-0.4, -0.2) is 0 Å². The zero-order valence-electron chi connectivity index (χ0n) is 6.17. The van der Waals surface area contributed by atoms with Gasteiger partial charge in [-0.05, 0) is 5.56 Å². The fraction of sp³-hybridized carbons (Fsp3) is 0.111. The van der Waals surface area contributed by atoms with E-state index in [2.05, 4.69) is 0 Å². The van der Waals surface area contributed by atoms with Gasteiger partial charge in [-0.25, -0.2) is 8.78 Å². The molecule has 1 atom stereocenters. The molecular weight excluding hydrogens is 160 g/mol. The number of halogens is 2. The van der Waals surface area contributed by atoms with Gasteiger partial charge in [0.05, 0.1) is 0 Å². The second-order valence-corrected chi connectivity index (χ2v) is 2.23. The predicted octanol–water partition coefficient (Wildman–Crippen LogP) is 2.72. The summed E-state index contributed by atoms with van der Waals surface area (Å²) in [5.41, 5.74) is 0.163. The number of nitrogens with zero attached hydrogens (tertiary/aromatic N) is 1. The second kappa shape index (κ2) is 3.82. The first kappa shape index (κ1) is 8.66. The number of hydrogen-bond acceptors (Lipinski definition) is 1. The molecule has 0 bridgehead atoms. The Kier molecular flexibility index (Phi) is 2.76. The third-order valence-electron chi connectivity index (χ3n) is 1.42. The summed E-state index contributed by atoms with van der Waals surface area (Å²) in [5.74, 6) is 0. The molecule has 3 heteroatoms. The molecule has 1 aromatic rings. The molecule has 0 saturated carbocycles. The van der Waals surface area contributed by atoms with Crippen molar-refractivity contribution in [2.24, 2.45) is 0 Å². The van der Waals surface area contributed by atoms with E-state index < -0.39 is 12.3 Å². The minimum Gasteiger partial charge on any atom is -0.237 e. The Morgan fingerprint density at radius 1 is 1.33 bits per heavy atom. The van der Waals surface area contributed by atoms with Gasteiger partial charge in [-0.3, -0.25) is 0 Å². The van der Waals surface area contributed by atoms with E-state index in [1.165, 1.54) is 12.1 Å². The zero-order chi connectivity index (χ0) is 8.97. The van der Waals surface area contributed by atoms with Gasteiger partial charge in [0.25, 0.3) is 6.17 Å². The summed E-state index contributed by atoms with van der Waals surface area (Å²) < 4.78 is 25.3.